The molecule has 1 heterocycles. The van der Waals surface area contributed by atoms with Gasteiger partial charge >= 0.3 is 12.0 Å². The van der Waals surface area contributed by atoms with Crippen LogP contribution in [0.15, 0.2) is 54.6 Å². The SMILES string of the molecule is CCNC(=O)NC(=O)[C@@H](C)OC(=O)c1cc(-c2ccc(OC)cc2)nc2ccccc12. The van der Waals surface area contributed by atoms with Crippen molar-refractivity contribution >= 4 is 28.8 Å². The number of amides is 3. The molecule has 1 aromatic heterocycles. The summed E-state index contributed by atoms with van der Waals surface area (Å²) < 4.78 is 10.5. The zero-order valence-corrected chi connectivity index (χ0v) is 17.5. The number of carbonyl (C=O) groups is 3. The summed E-state index contributed by atoms with van der Waals surface area (Å²) in [7, 11) is 1.58. The summed E-state index contributed by atoms with van der Waals surface area (Å²) >= 11 is 0. The maximum absolute atomic E-state index is 12.9. The minimum Gasteiger partial charge on any atom is -0.497 e. The molecular weight excluding hydrogens is 398 g/mol. The van der Waals surface area contributed by atoms with E-state index in [2.05, 4.69) is 15.6 Å². The lowest BCUT2D eigenvalue weighted by Gasteiger charge is -2.15. The Morgan fingerprint density at radius 3 is 2.45 bits per heavy atom. The Balaban J connectivity index is 1.90. The number of fused-ring (bicyclic) bond motifs is 1. The van der Waals surface area contributed by atoms with E-state index in [1.54, 1.807) is 50.4 Å². The molecule has 0 saturated heterocycles. The number of imide groups is 1. The average molecular weight is 421 g/mol. The largest absolute Gasteiger partial charge is 0.497 e. The van der Waals surface area contributed by atoms with Crippen LogP contribution >= 0.6 is 0 Å². The fourth-order valence-electron chi connectivity index (χ4n) is 2.95. The van der Waals surface area contributed by atoms with Crippen LogP contribution in [0, 0.1) is 0 Å². The molecule has 160 valence electrons. The van der Waals surface area contributed by atoms with Gasteiger partial charge in [-0.1, -0.05) is 18.2 Å². The lowest BCUT2D eigenvalue weighted by Crippen LogP contribution is -2.44. The number of ether oxygens (including phenoxy) is 2. The highest BCUT2D eigenvalue weighted by molar-refractivity contribution is 6.06. The van der Waals surface area contributed by atoms with E-state index >= 15 is 0 Å². The Bertz CT molecular complexity index is 1110. The number of nitrogens with one attached hydrogen (secondary N) is 2. The lowest BCUT2D eigenvalue weighted by molar-refractivity contribution is -0.127. The number of pyridine rings is 1. The molecule has 0 fully saturated rings. The molecule has 2 aromatic carbocycles. The number of para-hydroxylation sites is 1. The number of carbonyl (C=O) groups excluding carboxylic acids is 3. The molecule has 8 heteroatoms. The van der Waals surface area contributed by atoms with Crippen LogP contribution in [0.5, 0.6) is 5.75 Å². The van der Waals surface area contributed by atoms with E-state index < -0.39 is 24.0 Å². The molecule has 3 amide bonds. The van der Waals surface area contributed by atoms with E-state index in [4.69, 9.17) is 9.47 Å². The van der Waals surface area contributed by atoms with Crippen LogP contribution in [0.3, 0.4) is 0 Å². The standard InChI is InChI=1S/C23H23N3O5/c1-4-24-23(29)26-21(27)14(2)31-22(28)18-13-20(15-9-11-16(30-3)12-10-15)25-19-8-6-5-7-17(18)19/h5-14H,4H2,1-3H3,(H2,24,26,27,29)/t14-/m1/s1. The highest BCUT2D eigenvalue weighted by atomic mass is 16.5. The first-order chi connectivity index (χ1) is 14.9. The van der Waals surface area contributed by atoms with E-state index in [1.807, 2.05) is 18.2 Å². The van der Waals surface area contributed by atoms with Gasteiger partial charge in [0.25, 0.3) is 5.91 Å². The van der Waals surface area contributed by atoms with Crippen LogP contribution in [-0.4, -0.2) is 42.7 Å². The molecule has 2 N–H and O–H groups in total. The topological polar surface area (TPSA) is 107 Å². The molecule has 31 heavy (non-hydrogen) atoms. The summed E-state index contributed by atoms with van der Waals surface area (Å²) in [5.41, 5.74) is 2.26. The Morgan fingerprint density at radius 1 is 1.06 bits per heavy atom. The second-order valence-electron chi connectivity index (χ2n) is 6.70. The first kappa shape index (κ1) is 21.8. The van der Waals surface area contributed by atoms with Crippen molar-refractivity contribution in [2.45, 2.75) is 20.0 Å². The number of urea groups is 1. The summed E-state index contributed by atoms with van der Waals surface area (Å²) in [4.78, 5) is 41.2. The van der Waals surface area contributed by atoms with E-state index in [0.29, 0.717) is 28.9 Å². The maximum atomic E-state index is 12.9. The van der Waals surface area contributed by atoms with Gasteiger partial charge in [-0.25, -0.2) is 14.6 Å². The van der Waals surface area contributed by atoms with Crippen LogP contribution < -0.4 is 15.4 Å². The Hall–Kier alpha value is -3.94. The van der Waals surface area contributed by atoms with Gasteiger partial charge in [-0.05, 0) is 50.2 Å². The highest BCUT2D eigenvalue weighted by Gasteiger charge is 2.22. The Kier molecular flexibility index (Phi) is 6.81. The van der Waals surface area contributed by atoms with Gasteiger partial charge in [0.15, 0.2) is 6.10 Å². The van der Waals surface area contributed by atoms with Gasteiger partial charge in [-0.15, -0.1) is 0 Å². The number of aromatic nitrogens is 1. The monoisotopic (exact) mass is 421 g/mol. The van der Waals surface area contributed by atoms with Crippen molar-refractivity contribution in [1.29, 1.82) is 0 Å². The van der Waals surface area contributed by atoms with E-state index in [-0.39, 0.29) is 5.56 Å². The highest BCUT2D eigenvalue weighted by Crippen LogP contribution is 2.27. The molecule has 0 saturated carbocycles. The molecular formula is C23H23N3O5. The molecule has 0 aliphatic carbocycles. The molecule has 0 unspecified atom stereocenters. The number of methoxy groups -OCH3 is 1. The predicted octanol–water partition coefficient (Wildman–Crippen LogP) is 3.30. The van der Waals surface area contributed by atoms with Gasteiger partial charge in [-0.3, -0.25) is 10.1 Å². The molecule has 3 aromatic rings. The number of rotatable bonds is 6. The summed E-state index contributed by atoms with van der Waals surface area (Å²) in [6.45, 7) is 3.49. The van der Waals surface area contributed by atoms with Crippen LogP contribution in [0.1, 0.15) is 24.2 Å². The van der Waals surface area contributed by atoms with Crippen molar-refractivity contribution in [3.05, 3.63) is 60.2 Å². The third-order valence-electron chi connectivity index (χ3n) is 4.55. The number of hydrogen-bond donors (Lipinski definition) is 2. The normalized spacial score (nSPS) is 11.5. The average Bonchev–Trinajstić information content (AvgIpc) is 2.78. The smallest absolute Gasteiger partial charge is 0.339 e. The van der Waals surface area contributed by atoms with Crippen molar-refractivity contribution in [1.82, 2.24) is 15.6 Å². The second kappa shape index (κ2) is 9.71. The molecule has 0 radical (unpaired) electrons. The zero-order valence-electron chi connectivity index (χ0n) is 17.5. The maximum Gasteiger partial charge on any atom is 0.339 e. The lowest BCUT2D eigenvalue weighted by atomic mass is 10.0. The quantitative estimate of drug-likeness (QED) is 0.592. The van der Waals surface area contributed by atoms with Crippen LogP contribution in [0.4, 0.5) is 4.79 Å². The van der Waals surface area contributed by atoms with Gasteiger partial charge in [0, 0.05) is 17.5 Å². The third-order valence-corrected chi connectivity index (χ3v) is 4.55. The van der Waals surface area contributed by atoms with E-state index in [9.17, 15) is 14.4 Å². The summed E-state index contributed by atoms with van der Waals surface area (Å²) in [6.07, 6.45) is -1.16. The summed E-state index contributed by atoms with van der Waals surface area (Å²) in [5.74, 6) is -0.698. The molecule has 0 spiro atoms. The number of hydrogen-bond acceptors (Lipinski definition) is 6. The molecule has 0 aliphatic rings. The zero-order chi connectivity index (χ0) is 22.4. The van der Waals surface area contributed by atoms with Gasteiger partial charge in [-0.2, -0.15) is 0 Å². The van der Waals surface area contributed by atoms with Gasteiger partial charge in [0.05, 0.1) is 23.9 Å². The van der Waals surface area contributed by atoms with Crippen molar-refractivity contribution < 1.29 is 23.9 Å². The Morgan fingerprint density at radius 2 is 1.77 bits per heavy atom. The molecule has 8 nitrogen and oxygen atoms in total. The van der Waals surface area contributed by atoms with Crippen LogP contribution in [-0.2, 0) is 9.53 Å². The van der Waals surface area contributed by atoms with Crippen LogP contribution in [0.2, 0.25) is 0 Å². The number of benzene rings is 2. The van der Waals surface area contributed by atoms with Gasteiger partial charge in [0.2, 0.25) is 0 Å². The molecule has 0 bridgehead atoms. The first-order valence-electron chi connectivity index (χ1n) is 9.76. The van der Waals surface area contributed by atoms with Gasteiger partial charge < -0.3 is 14.8 Å². The molecule has 3 rings (SSSR count). The minimum atomic E-state index is -1.16. The van der Waals surface area contributed by atoms with Gasteiger partial charge in [0.1, 0.15) is 5.75 Å². The van der Waals surface area contributed by atoms with E-state index in [1.165, 1.54) is 6.92 Å². The summed E-state index contributed by atoms with van der Waals surface area (Å²) in [5, 5.41) is 5.18. The van der Waals surface area contributed by atoms with Crippen LogP contribution in [0.25, 0.3) is 22.2 Å². The van der Waals surface area contributed by atoms with Crippen molar-refractivity contribution in [2.24, 2.45) is 0 Å². The molecule has 0 aliphatic heterocycles. The Labute approximate surface area is 179 Å². The second-order valence-corrected chi connectivity index (χ2v) is 6.70. The fraction of sp³-hybridized carbons (Fsp3) is 0.217. The first-order valence-corrected chi connectivity index (χ1v) is 9.76. The number of nitrogens with zero attached hydrogens (tertiary/aromatic N) is 1. The van der Waals surface area contributed by atoms with Crippen molar-refractivity contribution in [2.75, 3.05) is 13.7 Å². The third kappa shape index (κ3) is 5.16. The van der Waals surface area contributed by atoms with E-state index in [0.717, 1.165) is 5.56 Å². The minimum absolute atomic E-state index is 0.272. The van der Waals surface area contributed by atoms with Crippen molar-refractivity contribution in [3.8, 4) is 17.0 Å². The fourth-order valence-corrected chi connectivity index (χ4v) is 2.95. The predicted molar refractivity (Wildman–Crippen MR) is 116 cm³/mol. The summed E-state index contributed by atoms with van der Waals surface area (Å²) in [6, 6.07) is 15.4. The number of esters is 1. The van der Waals surface area contributed by atoms with Crippen molar-refractivity contribution in [3.63, 3.8) is 0 Å². The molecule has 1 atom stereocenters.